The van der Waals surface area contributed by atoms with Crippen molar-refractivity contribution in [2.24, 2.45) is 5.92 Å². The van der Waals surface area contributed by atoms with Crippen LogP contribution in [-0.2, 0) is 23.8 Å². The van der Waals surface area contributed by atoms with Crippen LogP contribution in [0.25, 0.3) is 0 Å². The van der Waals surface area contributed by atoms with Crippen molar-refractivity contribution >= 4 is 11.9 Å². The zero-order valence-corrected chi connectivity index (χ0v) is 12.4. The van der Waals surface area contributed by atoms with E-state index >= 15 is 0 Å². The van der Waals surface area contributed by atoms with Gasteiger partial charge in [0.25, 0.3) is 5.91 Å². The first-order chi connectivity index (χ1) is 10.2. The fourth-order valence-corrected chi connectivity index (χ4v) is 2.53. The van der Waals surface area contributed by atoms with Crippen molar-refractivity contribution in [1.82, 2.24) is 5.32 Å². The molecule has 1 aliphatic carbocycles. The molecule has 1 amide bonds. The molecule has 1 heterocycles. The van der Waals surface area contributed by atoms with Crippen molar-refractivity contribution in [3.63, 3.8) is 0 Å². The predicted octanol–water partition coefficient (Wildman–Crippen LogP) is 1.50. The van der Waals surface area contributed by atoms with E-state index in [1.54, 1.807) is 6.92 Å². The van der Waals surface area contributed by atoms with Crippen LogP contribution in [0.2, 0.25) is 0 Å². The van der Waals surface area contributed by atoms with Gasteiger partial charge in [0.15, 0.2) is 6.10 Å². The standard InChI is InChI=1S/C15H23NO5/c1-11(21-15(18)13-10-19-7-8-20-13)14(17)16-9-12-5-3-2-4-6-12/h10-12H,2-9H2,1H3,(H,16,17)/t11-/m1/s1. The minimum absolute atomic E-state index is 0.00757. The van der Waals surface area contributed by atoms with E-state index in [2.05, 4.69) is 5.32 Å². The van der Waals surface area contributed by atoms with Gasteiger partial charge in [0.05, 0.1) is 0 Å². The van der Waals surface area contributed by atoms with Gasteiger partial charge in [-0.25, -0.2) is 4.79 Å². The van der Waals surface area contributed by atoms with Crippen LogP contribution in [0.3, 0.4) is 0 Å². The predicted molar refractivity (Wildman–Crippen MR) is 75.1 cm³/mol. The van der Waals surface area contributed by atoms with Gasteiger partial charge in [-0.2, -0.15) is 0 Å². The van der Waals surface area contributed by atoms with E-state index in [-0.39, 0.29) is 11.7 Å². The summed E-state index contributed by atoms with van der Waals surface area (Å²) in [5, 5.41) is 2.85. The third-order valence-corrected chi connectivity index (χ3v) is 3.79. The summed E-state index contributed by atoms with van der Waals surface area (Å²) in [7, 11) is 0. The van der Waals surface area contributed by atoms with Gasteiger partial charge in [0.1, 0.15) is 19.5 Å². The van der Waals surface area contributed by atoms with Crippen LogP contribution in [0.4, 0.5) is 0 Å². The fourth-order valence-electron chi connectivity index (χ4n) is 2.53. The fraction of sp³-hybridized carbons (Fsp3) is 0.733. The largest absolute Gasteiger partial charge is 0.493 e. The maximum absolute atomic E-state index is 11.9. The molecule has 1 atom stereocenters. The van der Waals surface area contributed by atoms with Gasteiger partial charge in [-0.15, -0.1) is 0 Å². The average molecular weight is 297 g/mol. The molecule has 0 unspecified atom stereocenters. The zero-order valence-electron chi connectivity index (χ0n) is 12.4. The Morgan fingerprint density at radius 1 is 1.33 bits per heavy atom. The summed E-state index contributed by atoms with van der Waals surface area (Å²) in [6.07, 6.45) is 6.45. The number of hydrogen-bond acceptors (Lipinski definition) is 5. The number of esters is 1. The summed E-state index contributed by atoms with van der Waals surface area (Å²) in [5.74, 6) is -0.391. The van der Waals surface area contributed by atoms with Crippen LogP contribution >= 0.6 is 0 Å². The molecular formula is C15H23NO5. The minimum Gasteiger partial charge on any atom is -0.493 e. The number of amides is 1. The van der Waals surface area contributed by atoms with E-state index in [1.807, 2.05) is 0 Å². The SMILES string of the molecule is C[C@@H](OC(=O)C1=COCCO1)C(=O)NCC1CCCCC1. The van der Waals surface area contributed by atoms with Crippen LogP contribution in [0, 0.1) is 5.92 Å². The number of rotatable bonds is 5. The van der Waals surface area contributed by atoms with E-state index in [0.29, 0.717) is 25.7 Å². The molecule has 0 spiro atoms. The maximum atomic E-state index is 11.9. The average Bonchev–Trinajstić information content (AvgIpc) is 2.54. The van der Waals surface area contributed by atoms with E-state index in [0.717, 1.165) is 12.8 Å². The Labute approximate surface area is 124 Å². The highest BCUT2D eigenvalue weighted by atomic mass is 16.6. The number of hydrogen-bond donors (Lipinski definition) is 1. The summed E-state index contributed by atoms with van der Waals surface area (Å²) in [4.78, 5) is 23.7. The zero-order chi connectivity index (χ0) is 15.1. The normalized spacial score (nSPS) is 20.5. The lowest BCUT2D eigenvalue weighted by Gasteiger charge is -2.23. The summed E-state index contributed by atoms with van der Waals surface area (Å²) in [6.45, 7) is 2.93. The molecule has 21 heavy (non-hydrogen) atoms. The second kappa shape index (κ2) is 7.90. The second-order valence-corrected chi connectivity index (χ2v) is 5.50. The van der Waals surface area contributed by atoms with Gasteiger partial charge in [0, 0.05) is 6.54 Å². The number of carbonyl (C=O) groups is 2. The van der Waals surface area contributed by atoms with Crippen LogP contribution in [0.5, 0.6) is 0 Å². The summed E-state index contributed by atoms with van der Waals surface area (Å²) in [5.41, 5.74) is 0. The molecule has 6 nitrogen and oxygen atoms in total. The molecule has 2 rings (SSSR count). The summed E-state index contributed by atoms with van der Waals surface area (Å²) >= 11 is 0. The third kappa shape index (κ3) is 4.95. The highest BCUT2D eigenvalue weighted by molar-refractivity contribution is 5.89. The molecular weight excluding hydrogens is 274 g/mol. The molecule has 1 N–H and O–H groups in total. The lowest BCUT2D eigenvalue weighted by Crippen LogP contribution is -2.39. The van der Waals surface area contributed by atoms with Crippen molar-refractivity contribution in [2.45, 2.75) is 45.1 Å². The molecule has 1 aliphatic heterocycles. The van der Waals surface area contributed by atoms with Gasteiger partial charge >= 0.3 is 5.97 Å². The summed E-state index contributed by atoms with van der Waals surface area (Å²) in [6, 6.07) is 0. The van der Waals surface area contributed by atoms with E-state index < -0.39 is 12.1 Å². The summed E-state index contributed by atoms with van der Waals surface area (Å²) < 4.78 is 15.2. The molecule has 0 saturated heterocycles. The highest BCUT2D eigenvalue weighted by Crippen LogP contribution is 2.22. The van der Waals surface area contributed by atoms with E-state index in [9.17, 15) is 9.59 Å². The molecule has 6 heteroatoms. The molecule has 0 radical (unpaired) electrons. The molecule has 2 aliphatic rings. The minimum atomic E-state index is -0.840. The van der Waals surface area contributed by atoms with Crippen LogP contribution in [0.15, 0.2) is 12.0 Å². The van der Waals surface area contributed by atoms with Crippen LogP contribution in [0.1, 0.15) is 39.0 Å². The lowest BCUT2D eigenvalue weighted by molar-refractivity contribution is -0.155. The van der Waals surface area contributed by atoms with Gasteiger partial charge < -0.3 is 19.5 Å². The Bertz CT molecular complexity index is 401. The first-order valence-electron chi connectivity index (χ1n) is 7.60. The number of nitrogens with one attached hydrogen (secondary N) is 1. The smallest absolute Gasteiger partial charge is 0.377 e. The molecule has 0 aromatic rings. The Morgan fingerprint density at radius 2 is 2.10 bits per heavy atom. The second-order valence-electron chi connectivity index (χ2n) is 5.50. The molecule has 0 bridgehead atoms. The highest BCUT2D eigenvalue weighted by Gasteiger charge is 2.24. The first-order valence-corrected chi connectivity index (χ1v) is 7.60. The van der Waals surface area contributed by atoms with Gasteiger partial charge in [-0.1, -0.05) is 19.3 Å². The first kappa shape index (κ1) is 15.7. The van der Waals surface area contributed by atoms with Crippen molar-refractivity contribution in [2.75, 3.05) is 19.8 Å². The number of carbonyl (C=O) groups excluding carboxylic acids is 2. The Kier molecular flexibility index (Phi) is 5.90. The van der Waals surface area contributed by atoms with Gasteiger partial charge in [-0.3, -0.25) is 4.79 Å². The molecule has 118 valence electrons. The topological polar surface area (TPSA) is 73.9 Å². The van der Waals surface area contributed by atoms with E-state index in [1.165, 1.54) is 25.5 Å². The van der Waals surface area contributed by atoms with Crippen molar-refractivity contribution in [1.29, 1.82) is 0 Å². The Morgan fingerprint density at radius 3 is 2.76 bits per heavy atom. The molecule has 1 saturated carbocycles. The number of ether oxygens (including phenoxy) is 3. The van der Waals surface area contributed by atoms with Crippen LogP contribution in [-0.4, -0.2) is 37.7 Å². The third-order valence-electron chi connectivity index (χ3n) is 3.79. The Balaban J connectivity index is 1.71. The quantitative estimate of drug-likeness (QED) is 0.779. The Hall–Kier alpha value is -1.72. The molecule has 0 aromatic heterocycles. The maximum Gasteiger partial charge on any atom is 0.377 e. The van der Waals surface area contributed by atoms with Crippen molar-refractivity contribution in [3.05, 3.63) is 12.0 Å². The van der Waals surface area contributed by atoms with Gasteiger partial charge in [-0.05, 0) is 25.7 Å². The molecule has 0 aromatic carbocycles. The van der Waals surface area contributed by atoms with Crippen molar-refractivity contribution in [3.8, 4) is 0 Å². The molecule has 1 fully saturated rings. The van der Waals surface area contributed by atoms with Crippen molar-refractivity contribution < 1.29 is 23.8 Å². The monoisotopic (exact) mass is 297 g/mol. The van der Waals surface area contributed by atoms with E-state index in [4.69, 9.17) is 14.2 Å². The van der Waals surface area contributed by atoms with Gasteiger partial charge in [0.2, 0.25) is 5.76 Å². The lowest BCUT2D eigenvalue weighted by atomic mass is 9.89. The van der Waals surface area contributed by atoms with Crippen LogP contribution < -0.4 is 5.32 Å².